The number of hydrogen-bond donors (Lipinski definition) is 1. The Morgan fingerprint density at radius 2 is 2.24 bits per heavy atom. The predicted molar refractivity (Wildman–Crippen MR) is 80.5 cm³/mol. The fraction of sp³-hybridized carbons (Fsp3) is 0.583. The first-order chi connectivity index (χ1) is 9.84. The number of aromatic nitrogens is 1. The first kappa shape index (κ1) is 15.5. The van der Waals surface area contributed by atoms with Crippen molar-refractivity contribution < 1.29 is 13.3 Å². The van der Waals surface area contributed by atoms with E-state index < -0.39 is 14.8 Å². The molecule has 21 heavy (non-hydrogen) atoms. The molecule has 0 bridgehead atoms. The number of nitrogens with zero attached hydrogens (tertiary/aromatic N) is 3. The summed E-state index contributed by atoms with van der Waals surface area (Å²) in [4.78, 5) is 16.7. The highest BCUT2D eigenvalue weighted by molar-refractivity contribution is 7.91. The zero-order chi connectivity index (χ0) is 15.6. The molecule has 1 aromatic rings. The van der Waals surface area contributed by atoms with Gasteiger partial charge in [0.25, 0.3) is 0 Å². The van der Waals surface area contributed by atoms with Crippen LogP contribution in [0.1, 0.15) is 13.8 Å². The fourth-order valence-corrected chi connectivity index (χ4v) is 3.94. The number of nitro groups is 1. The summed E-state index contributed by atoms with van der Waals surface area (Å²) in [5, 5.41) is 14.2. The monoisotopic (exact) mass is 314 g/mol. The van der Waals surface area contributed by atoms with Gasteiger partial charge in [0.15, 0.2) is 9.84 Å². The lowest BCUT2D eigenvalue weighted by molar-refractivity contribution is -0.384. The van der Waals surface area contributed by atoms with Gasteiger partial charge in [-0.2, -0.15) is 0 Å². The van der Waals surface area contributed by atoms with Gasteiger partial charge in [0.1, 0.15) is 5.82 Å². The van der Waals surface area contributed by atoms with Crippen LogP contribution < -0.4 is 10.2 Å². The van der Waals surface area contributed by atoms with Crippen molar-refractivity contribution in [2.75, 3.05) is 34.8 Å². The van der Waals surface area contributed by atoms with Crippen LogP contribution in [0.15, 0.2) is 12.1 Å². The predicted octanol–water partition coefficient (Wildman–Crippen LogP) is 1.04. The molecule has 116 valence electrons. The molecule has 1 atom stereocenters. The Balaban J connectivity index is 2.41. The fourth-order valence-electron chi connectivity index (χ4n) is 2.39. The maximum atomic E-state index is 11.6. The molecule has 1 saturated heterocycles. The van der Waals surface area contributed by atoms with E-state index in [0.29, 0.717) is 12.4 Å². The molecule has 0 amide bonds. The summed E-state index contributed by atoms with van der Waals surface area (Å²) >= 11 is 0. The van der Waals surface area contributed by atoms with Crippen molar-refractivity contribution in [3.63, 3.8) is 0 Å². The second-order valence-corrected chi connectivity index (χ2v) is 7.21. The van der Waals surface area contributed by atoms with Crippen molar-refractivity contribution in [3.8, 4) is 0 Å². The summed E-state index contributed by atoms with van der Waals surface area (Å²) in [6, 6.07) is 2.61. The lowest BCUT2D eigenvalue weighted by Gasteiger charge is -2.33. The Kier molecular flexibility index (Phi) is 4.31. The smallest absolute Gasteiger partial charge is 0.311 e. The van der Waals surface area contributed by atoms with Crippen LogP contribution in [0.5, 0.6) is 0 Å². The Morgan fingerprint density at radius 1 is 1.52 bits per heavy atom. The minimum absolute atomic E-state index is 0.0123. The van der Waals surface area contributed by atoms with Crippen molar-refractivity contribution in [2.45, 2.75) is 19.9 Å². The van der Waals surface area contributed by atoms with E-state index in [2.05, 4.69) is 10.3 Å². The molecule has 1 aromatic heterocycles. The van der Waals surface area contributed by atoms with Crippen LogP contribution in [0, 0.1) is 10.1 Å². The Morgan fingerprint density at radius 3 is 2.81 bits per heavy atom. The second kappa shape index (κ2) is 5.84. The van der Waals surface area contributed by atoms with Crippen LogP contribution >= 0.6 is 0 Å². The van der Waals surface area contributed by atoms with E-state index in [-0.39, 0.29) is 35.6 Å². The molecule has 1 N–H and O–H groups in total. The van der Waals surface area contributed by atoms with Gasteiger partial charge in [-0.1, -0.05) is 0 Å². The first-order valence-corrected chi connectivity index (χ1v) is 8.52. The lowest BCUT2D eigenvalue weighted by Crippen LogP contribution is -2.47. The van der Waals surface area contributed by atoms with Crippen LogP contribution in [-0.4, -0.2) is 49.0 Å². The minimum atomic E-state index is -3.08. The molecule has 1 aliphatic rings. The Hall–Kier alpha value is -1.90. The number of nitrogens with one attached hydrogen (secondary N) is 1. The maximum Gasteiger partial charge on any atom is 0.311 e. The molecule has 1 unspecified atom stereocenters. The molecular weight excluding hydrogens is 296 g/mol. The van der Waals surface area contributed by atoms with Gasteiger partial charge in [0.2, 0.25) is 5.82 Å². The van der Waals surface area contributed by atoms with Crippen LogP contribution in [-0.2, 0) is 9.84 Å². The zero-order valence-electron chi connectivity index (χ0n) is 11.9. The molecule has 1 fully saturated rings. The summed E-state index contributed by atoms with van der Waals surface area (Å²) in [7, 11) is -3.08. The number of sulfone groups is 1. The average molecular weight is 314 g/mol. The third-order valence-corrected chi connectivity index (χ3v) is 5.15. The van der Waals surface area contributed by atoms with Crippen molar-refractivity contribution in [1.29, 1.82) is 0 Å². The molecule has 8 nitrogen and oxygen atoms in total. The zero-order valence-corrected chi connectivity index (χ0v) is 12.8. The van der Waals surface area contributed by atoms with E-state index in [4.69, 9.17) is 0 Å². The first-order valence-electron chi connectivity index (χ1n) is 6.70. The highest BCUT2D eigenvalue weighted by Gasteiger charge is 2.33. The topological polar surface area (TPSA) is 105 Å². The van der Waals surface area contributed by atoms with Gasteiger partial charge < -0.3 is 10.2 Å². The summed E-state index contributed by atoms with van der Waals surface area (Å²) in [6.45, 7) is 4.50. The van der Waals surface area contributed by atoms with E-state index in [9.17, 15) is 18.5 Å². The van der Waals surface area contributed by atoms with Crippen molar-refractivity contribution >= 4 is 27.2 Å². The number of hydrogen-bond acceptors (Lipinski definition) is 7. The summed E-state index contributed by atoms with van der Waals surface area (Å²) in [5.74, 6) is 0.735. The van der Waals surface area contributed by atoms with Gasteiger partial charge in [-0.3, -0.25) is 10.1 Å². The maximum absolute atomic E-state index is 11.6. The Bertz CT molecular complexity index is 647. The van der Waals surface area contributed by atoms with Gasteiger partial charge in [-0.05, 0) is 19.9 Å². The highest BCUT2D eigenvalue weighted by atomic mass is 32.2. The SMILES string of the molecule is CCNc1ccc([N+](=O)[O-])c(N2CCS(=O)(=O)CC2C)n1. The van der Waals surface area contributed by atoms with E-state index in [1.54, 1.807) is 17.9 Å². The van der Waals surface area contributed by atoms with Gasteiger partial charge in [-0.15, -0.1) is 0 Å². The van der Waals surface area contributed by atoms with Gasteiger partial charge in [0.05, 0.1) is 16.4 Å². The normalized spacial score (nSPS) is 21.0. The molecule has 2 rings (SSSR count). The number of pyridine rings is 1. The van der Waals surface area contributed by atoms with Crippen molar-refractivity contribution in [2.24, 2.45) is 0 Å². The molecule has 0 radical (unpaired) electrons. The number of anilines is 2. The molecule has 1 aliphatic heterocycles. The van der Waals surface area contributed by atoms with E-state index in [1.165, 1.54) is 6.07 Å². The molecule has 9 heteroatoms. The largest absolute Gasteiger partial charge is 0.370 e. The van der Waals surface area contributed by atoms with E-state index >= 15 is 0 Å². The van der Waals surface area contributed by atoms with Crippen molar-refractivity contribution in [1.82, 2.24) is 4.98 Å². The van der Waals surface area contributed by atoms with Crippen LogP contribution in [0.2, 0.25) is 0 Å². The summed E-state index contributed by atoms with van der Waals surface area (Å²) in [5.41, 5.74) is -0.109. The third kappa shape index (κ3) is 3.41. The number of rotatable bonds is 4. The average Bonchev–Trinajstić information content (AvgIpc) is 2.37. The molecule has 0 saturated carbocycles. The van der Waals surface area contributed by atoms with Crippen LogP contribution in [0.25, 0.3) is 0 Å². The summed E-state index contributed by atoms with van der Waals surface area (Å²) < 4.78 is 23.3. The molecule has 0 aliphatic carbocycles. The van der Waals surface area contributed by atoms with Gasteiger partial charge >= 0.3 is 5.69 Å². The second-order valence-electron chi connectivity index (χ2n) is 4.98. The lowest BCUT2D eigenvalue weighted by atomic mass is 10.2. The summed E-state index contributed by atoms with van der Waals surface area (Å²) in [6.07, 6.45) is 0. The minimum Gasteiger partial charge on any atom is -0.370 e. The quantitative estimate of drug-likeness (QED) is 0.654. The van der Waals surface area contributed by atoms with E-state index in [1.807, 2.05) is 6.92 Å². The molecular formula is C12H18N4O4S. The van der Waals surface area contributed by atoms with E-state index in [0.717, 1.165) is 0 Å². The van der Waals surface area contributed by atoms with Crippen LogP contribution in [0.3, 0.4) is 0 Å². The third-order valence-electron chi connectivity index (χ3n) is 3.35. The molecule has 2 heterocycles. The highest BCUT2D eigenvalue weighted by Crippen LogP contribution is 2.30. The molecule has 0 spiro atoms. The van der Waals surface area contributed by atoms with Crippen molar-refractivity contribution in [3.05, 3.63) is 22.2 Å². The standard InChI is InChI=1S/C12H18N4O4S/c1-3-13-11-5-4-10(16(17)18)12(14-11)15-6-7-21(19,20)8-9(15)2/h4-5,9H,3,6-8H2,1-2H3,(H,13,14). The Labute approximate surface area is 123 Å². The van der Waals surface area contributed by atoms with Gasteiger partial charge in [-0.25, -0.2) is 13.4 Å². The molecule has 0 aromatic carbocycles. The van der Waals surface area contributed by atoms with Gasteiger partial charge in [0, 0.05) is 25.2 Å². The van der Waals surface area contributed by atoms with Crippen LogP contribution in [0.4, 0.5) is 17.3 Å².